The molecule has 1 saturated carbocycles. The number of carbonyl (C=O) groups is 1. The summed E-state index contributed by atoms with van der Waals surface area (Å²) in [5, 5.41) is 14.0. The Hall–Kier alpha value is -2.45. The number of amides is 1. The number of benzene rings is 1. The Morgan fingerprint density at radius 3 is 2.86 bits per heavy atom. The van der Waals surface area contributed by atoms with Crippen molar-refractivity contribution in [3.05, 3.63) is 48.3 Å². The highest BCUT2D eigenvalue weighted by Crippen LogP contribution is 2.31. The molecule has 0 spiro atoms. The second-order valence-corrected chi connectivity index (χ2v) is 7.47. The lowest BCUT2D eigenvalue weighted by atomic mass is 10.0. The quantitative estimate of drug-likeness (QED) is 0.726. The number of hydrogen-bond acceptors (Lipinski definition) is 5. The average Bonchev–Trinajstić information content (AvgIpc) is 3.32. The van der Waals surface area contributed by atoms with E-state index in [0.29, 0.717) is 17.9 Å². The number of halogens is 1. The molecule has 2 aromatic rings. The van der Waals surface area contributed by atoms with Crippen LogP contribution in [0.5, 0.6) is 5.75 Å². The molecule has 8 heteroatoms. The van der Waals surface area contributed by atoms with Crippen LogP contribution in [-0.2, 0) is 0 Å². The predicted octanol–water partition coefficient (Wildman–Crippen LogP) is 1.71. The monoisotopic (exact) mass is 388 g/mol. The Balaban J connectivity index is 1.52. The van der Waals surface area contributed by atoms with Gasteiger partial charge in [-0.05, 0) is 38.1 Å². The number of aromatic amines is 1. The highest BCUT2D eigenvalue weighted by molar-refractivity contribution is 5.92. The molecule has 2 fully saturated rings. The summed E-state index contributed by atoms with van der Waals surface area (Å²) in [4.78, 5) is 21.5. The summed E-state index contributed by atoms with van der Waals surface area (Å²) in [6.45, 7) is 1.76. The van der Waals surface area contributed by atoms with Crippen LogP contribution in [0, 0.1) is 5.82 Å². The molecule has 1 aromatic carbocycles. The van der Waals surface area contributed by atoms with Crippen LogP contribution in [0.1, 0.15) is 36.2 Å². The van der Waals surface area contributed by atoms with E-state index in [9.17, 15) is 14.3 Å². The molecule has 1 aromatic heterocycles. The zero-order valence-electron chi connectivity index (χ0n) is 15.6. The Morgan fingerprint density at radius 2 is 2.14 bits per heavy atom. The van der Waals surface area contributed by atoms with Crippen molar-refractivity contribution < 1.29 is 19.0 Å². The lowest BCUT2D eigenvalue weighted by Crippen LogP contribution is -2.54. The number of aliphatic hydroxyl groups is 1. The molecule has 7 nitrogen and oxygen atoms in total. The van der Waals surface area contributed by atoms with Crippen molar-refractivity contribution in [1.82, 2.24) is 20.2 Å². The first kappa shape index (κ1) is 18.9. The molecule has 1 saturated heterocycles. The van der Waals surface area contributed by atoms with Crippen molar-refractivity contribution >= 4 is 5.91 Å². The third-order valence-electron chi connectivity index (χ3n) is 5.58. The van der Waals surface area contributed by atoms with Crippen molar-refractivity contribution in [3.8, 4) is 5.75 Å². The topological polar surface area (TPSA) is 90.5 Å². The minimum absolute atomic E-state index is 0.245. The molecule has 3 N–H and O–H groups in total. The van der Waals surface area contributed by atoms with E-state index in [-0.39, 0.29) is 23.8 Å². The van der Waals surface area contributed by atoms with Crippen molar-refractivity contribution in [2.75, 3.05) is 13.1 Å². The van der Waals surface area contributed by atoms with E-state index in [2.05, 4.69) is 20.2 Å². The van der Waals surface area contributed by atoms with Crippen LogP contribution in [0.25, 0.3) is 0 Å². The molecular weight excluding hydrogens is 363 g/mol. The SMILES string of the molecule is O=C(N[C@@H]1C[C@@H](Oc2cccc(F)c2)[C@H](O)[C@H]1N1CCCCC1)c1cnc[nH]1. The number of rotatable bonds is 5. The van der Waals surface area contributed by atoms with E-state index in [0.717, 1.165) is 25.9 Å². The second kappa shape index (κ2) is 8.28. The lowest BCUT2D eigenvalue weighted by molar-refractivity contribution is 0.00137. The van der Waals surface area contributed by atoms with E-state index in [1.54, 1.807) is 12.1 Å². The molecule has 0 unspecified atom stereocenters. The number of nitrogens with zero attached hydrogens (tertiary/aromatic N) is 2. The number of aromatic nitrogens is 2. The van der Waals surface area contributed by atoms with Crippen LogP contribution < -0.4 is 10.1 Å². The normalized spacial score (nSPS) is 28.2. The Morgan fingerprint density at radius 1 is 1.32 bits per heavy atom. The van der Waals surface area contributed by atoms with Gasteiger partial charge < -0.3 is 20.1 Å². The zero-order chi connectivity index (χ0) is 19.5. The van der Waals surface area contributed by atoms with E-state index in [1.807, 2.05) is 0 Å². The number of likely N-dealkylation sites (tertiary alicyclic amines) is 1. The first-order valence-electron chi connectivity index (χ1n) is 9.75. The number of imidazole rings is 1. The molecule has 4 rings (SSSR count). The molecule has 150 valence electrons. The second-order valence-electron chi connectivity index (χ2n) is 7.47. The van der Waals surface area contributed by atoms with Gasteiger partial charge in [0.2, 0.25) is 0 Å². The molecule has 4 atom stereocenters. The van der Waals surface area contributed by atoms with E-state index in [1.165, 1.54) is 31.1 Å². The summed E-state index contributed by atoms with van der Waals surface area (Å²) in [6, 6.07) is 5.38. The van der Waals surface area contributed by atoms with Gasteiger partial charge in [-0.2, -0.15) is 0 Å². The van der Waals surface area contributed by atoms with E-state index in [4.69, 9.17) is 4.74 Å². The van der Waals surface area contributed by atoms with Gasteiger partial charge >= 0.3 is 0 Å². The van der Waals surface area contributed by atoms with E-state index >= 15 is 0 Å². The van der Waals surface area contributed by atoms with Gasteiger partial charge in [0.05, 0.1) is 24.6 Å². The summed E-state index contributed by atoms with van der Waals surface area (Å²) in [5.41, 5.74) is 0.376. The van der Waals surface area contributed by atoms with Gasteiger partial charge in [0.15, 0.2) is 0 Å². The minimum atomic E-state index is -0.784. The molecule has 2 aliphatic rings. The van der Waals surface area contributed by atoms with Crippen LogP contribution in [0.4, 0.5) is 4.39 Å². The zero-order valence-corrected chi connectivity index (χ0v) is 15.6. The van der Waals surface area contributed by atoms with E-state index < -0.39 is 12.2 Å². The van der Waals surface area contributed by atoms with Crippen molar-refractivity contribution in [3.63, 3.8) is 0 Å². The molecule has 0 bridgehead atoms. The molecule has 1 amide bonds. The largest absolute Gasteiger partial charge is 0.487 e. The van der Waals surface area contributed by atoms with Crippen molar-refractivity contribution in [1.29, 1.82) is 0 Å². The highest BCUT2D eigenvalue weighted by atomic mass is 19.1. The summed E-state index contributed by atoms with van der Waals surface area (Å²) < 4.78 is 19.4. The summed E-state index contributed by atoms with van der Waals surface area (Å²) in [5.74, 6) is -0.272. The van der Waals surface area contributed by atoms with Gasteiger partial charge in [-0.1, -0.05) is 12.5 Å². The standard InChI is InChI=1S/C20H25FN4O3/c21-13-5-4-6-14(9-13)28-17-10-15(24-20(27)16-11-22-12-23-16)18(19(17)26)25-7-2-1-3-8-25/h4-6,9,11-12,15,17-19,26H,1-3,7-8,10H2,(H,22,23)(H,24,27)/t15-,17-,18+,19+/m1/s1. The fourth-order valence-corrected chi connectivity index (χ4v) is 4.28. The number of H-pyrrole nitrogens is 1. The van der Waals surface area contributed by atoms with Gasteiger partial charge in [-0.25, -0.2) is 9.37 Å². The fraction of sp³-hybridized carbons (Fsp3) is 0.500. The third-order valence-corrected chi connectivity index (χ3v) is 5.58. The highest BCUT2D eigenvalue weighted by Gasteiger charge is 2.47. The lowest BCUT2D eigenvalue weighted by Gasteiger charge is -2.37. The molecule has 1 aliphatic carbocycles. The molecular formula is C20H25FN4O3. The maximum Gasteiger partial charge on any atom is 0.269 e. The average molecular weight is 388 g/mol. The number of hydrogen-bond donors (Lipinski definition) is 3. The van der Waals surface area contributed by atoms with Crippen LogP contribution in [0.3, 0.4) is 0 Å². The summed E-state index contributed by atoms with van der Waals surface area (Å²) >= 11 is 0. The number of carbonyl (C=O) groups excluding carboxylic acids is 1. The first-order chi connectivity index (χ1) is 13.6. The third kappa shape index (κ3) is 4.02. The fourth-order valence-electron chi connectivity index (χ4n) is 4.28. The Labute approximate surface area is 162 Å². The van der Waals surface area contributed by atoms with Crippen LogP contribution in [-0.4, -0.2) is 63.3 Å². The number of piperidine rings is 1. The van der Waals surface area contributed by atoms with Gasteiger partial charge in [-0.3, -0.25) is 9.69 Å². The smallest absolute Gasteiger partial charge is 0.269 e. The summed E-state index contributed by atoms with van der Waals surface area (Å²) in [7, 11) is 0. The summed E-state index contributed by atoms with van der Waals surface area (Å²) in [6.07, 6.45) is 5.37. The van der Waals surface area contributed by atoms with Gasteiger partial charge in [0, 0.05) is 12.5 Å². The van der Waals surface area contributed by atoms with Crippen molar-refractivity contribution in [2.45, 2.75) is 50.0 Å². The maximum absolute atomic E-state index is 13.5. The predicted molar refractivity (Wildman–Crippen MR) is 100 cm³/mol. The van der Waals surface area contributed by atoms with Gasteiger partial charge in [-0.15, -0.1) is 0 Å². The van der Waals surface area contributed by atoms with Gasteiger partial charge in [0.25, 0.3) is 5.91 Å². The van der Waals surface area contributed by atoms with Crippen LogP contribution in [0.15, 0.2) is 36.8 Å². The molecule has 0 radical (unpaired) electrons. The first-order valence-corrected chi connectivity index (χ1v) is 9.75. The number of ether oxygens (including phenoxy) is 1. The Kier molecular flexibility index (Phi) is 5.59. The van der Waals surface area contributed by atoms with Crippen LogP contribution >= 0.6 is 0 Å². The minimum Gasteiger partial charge on any atom is -0.487 e. The van der Waals surface area contributed by atoms with Crippen LogP contribution in [0.2, 0.25) is 0 Å². The molecule has 1 aliphatic heterocycles. The maximum atomic E-state index is 13.5. The number of nitrogens with one attached hydrogen (secondary N) is 2. The molecule has 28 heavy (non-hydrogen) atoms. The molecule has 2 heterocycles. The van der Waals surface area contributed by atoms with Gasteiger partial charge in [0.1, 0.15) is 29.5 Å². The number of aliphatic hydroxyl groups excluding tert-OH is 1. The van der Waals surface area contributed by atoms with Crippen molar-refractivity contribution in [2.24, 2.45) is 0 Å². The Bertz CT molecular complexity index is 795.